The zero-order chi connectivity index (χ0) is 11.6. The van der Waals surface area contributed by atoms with Crippen LogP contribution < -0.4 is 4.74 Å². The molecule has 1 aromatic carbocycles. The van der Waals surface area contributed by atoms with E-state index in [1.54, 1.807) is 0 Å². The average molecular weight is 230 g/mol. The Hall–Kier alpha value is -1.62. The number of nitro benzene ring substituents is 1. The average Bonchev–Trinajstić information content (AvgIpc) is 2.16. The van der Waals surface area contributed by atoms with Crippen LogP contribution in [0.3, 0.4) is 0 Å². The quantitative estimate of drug-likeness (QED) is 0.454. The fourth-order valence-electron chi connectivity index (χ4n) is 1.13. The van der Waals surface area contributed by atoms with E-state index in [4.69, 9.17) is 16.3 Å². The monoisotopic (exact) mass is 229 g/mol. The molecule has 0 amide bonds. The highest BCUT2D eigenvalue weighted by Gasteiger charge is 2.20. The number of carbonyl (C=O) groups is 1. The van der Waals surface area contributed by atoms with E-state index in [-0.39, 0.29) is 22.0 Å². The van der Waals surface area contributed by atoms with Crippen molar-refractivity contribution in [1.82, 2.24) is 0 Å². The van der Waals surface area contributed by atoms with Crippen LogP contribution >= 0.6 is 11.6 Å². The Bertz CT molecular complexity index is 430. The Morgan fingerprint density at radius 2 is 2.13 bits per heavy atom. The molecule has 0 aliphatic heterocycles. The second-order valence-corrected chi connectivity index (χ2v) is 3.22. The Morgan fingerprint density at radius 1 is 1.53 bits per heavy atom. The molecule has 6 heteroatoms. The number of nitrogens with zero attached hydrogens (tertiary/aromatic N) is 1. The van der Waals surface area contributed by atoms with E-state index in [1.807, 2.05) is 0 Å². The van der Waals surface area contributed by atoms with Gasteiger partial charge in [-0.3, -0.25) is 14.9 Å². The van der Waals surface area contributed by atoms with Crippen molar-refractivity contribution in [2.24, 2.45) is 0 Å². The van der Waals surface area contributed by atoms with Gasteiger partial charge in [-0.15, -0.1) is 0 Å². The lowest BCUT2D eigenvalue weighted by Gasteiger charge is -2.05. The molecular weight excluding hydrogens is 222 g/mol. The van der Waals surface area contributed by atoms with Crippen LogP contribution in [0.5, 0.6) is 5.75 Å². The van der Waals surface area contributed by atoms with Crippen LogP contribution in [0.25, 0.3) is 0 Å². The van der Waals surface area contributed by atoms with E-state index in [2.05, 4.69) is 0 Å². The lowest BCUT2D eigenvalue weighted by atomic mass is 10.1. The smallest absolute Gasteiger partial charge is 0.281 e. The number of methoxy groups -OCH3 is 1. The van der Waals surface area contributed by atoms with Gasteiger partial charge >= 0.3 is 0 Å². The topological polar surface area (TPSA) is 69.4 Å². The Morgan fingerprint density at radius 3 is 2.53 bits per heavy atom. The molecule has 0 spiro atoms. The van der Waals surface area contributed by atoms with Crippen LogP contribution in [0.2, 0.25) is 5.02 Å². The zero-order valence-corrected chi connectivity index (χ0v) is 8.87. The summed E-state index contributed by atoms with van der Waals surface area (Å²) in [7, 11) is 1.37. The van der Waals surface area contributed by atoms with E-state index in [1.165, 1.54) is 20.1 Å². The molecule has 0 fully saturated rings. The predicted octanol–water partition coefficient (Wildman–Crippen LogP) is 2.46. The number of ketones is 1. The first-order valence-electron chi connectivity index (χ1n) is 4.00. The van der Waals surface area contributed by atoms with E-state index in [0.29, 0.717) is 0 Å². The van der Waals surface area contributed by atoms with Crippen molar-refractivity contribution in [2.45, 2.75) is 6.92 Å². The minimum atomic E-state index is -0.651. The van der Waals surface area contributed by atoms with E-state index in [0.717, 1.165) is 6.07 Å². The summed E-state index contributed by atoms with van der Waals surface area (Å²) >= 11 is 5.71. The molecule has 0 saturated heterocycles. The van der Waals surface area contributed by atoms with Gasteiger partial charge in [-0.25, -0.2) is 0 Å². The van der Waals surface area contributed by atoms with Crippen molar-refractivity contribution in [3.8, 4) is 5.75 Å². The molecule has 0 aliphatic carbocycles. The molecule has 0 saturated carbocycles. The number of nitro groups is 1. The highest BCUT2D eigenvalue weighted by atomic mass is 35.5. The summed E-state index contributed by atoms with van der Waals surface area (Å²) in [6.45, 7) is 1.25. The highest BCUT2D eigenvalue weighted by molar-refractivity contribution is 6.32. The third kappa shape index (κ3) is 2.24. The van der Waals surface area contributed by atoms with Crippen LogP contribution in [-0.2, 0) is 0 Å². The predicted molar refractivity (Wildman–Crippen MR) is 54.7 cm³/mol. The van der Waals surface area contributed by atoms with Gasteiger partial charge in [0, 0.05) is 6.07 Å². The lowest BCUT2D eigenvalue weighted by molar-refractivity contribution is -0.385. The summed E-state index contributed by atoms with van der Waals surface area (Å²) in [5, 5.41) is 10.7. The first-order chi connectivity index (χ1) is 6.97. The number of hydrogen-bond acceptors (Lipinski definition) is 4. The van der Waals surface area contributed by atoms with E-state index >= 15 is 0 Å². The Balaban J connectivity index is 3.45. The zero-order valence-electron chi connectivity index (χ0n) is 8.11. The number of Topliss-reactive ketones (excluding diaryl/α,β-unsaturated/α-hetero) is 1. The maximum atomic E-state index is 11.1. The van der Waals surface area contributed by atoms with Crippen LogP contribution in [0.1, 0.15) is 17.3 Å². The third-order valence-corrected chi connectivity index (χ3v) is 2.14. The third-order valence-electron chi connectivity index (χ3n) is 1.85. The van der Waals surface area contributed by atoms with Gasteiger partial charge in [0.25, 0.3) is 5.69 Å². The van der Waals surface area contributed by atoms with Crippen LogP contribution in [0.15, 0.2) is 12.1 Å². The van der Waals surface area contributed by atoms with Crippen LogP contribution in [0.4, 0.5) is 5.69 Å². The number of hydrogen-bond donors (Lipinski definition) is 0. The molecule has 0 atom stereocenters. The number of carbonyl (C=O) groups excluding carboxylic acids is 1. The van der Waals surface area contributed by atoms with Crippen molar-refractivity contribution < 1.29 is 14.5 Å². The van der Waals surface area contributed by atoms with E-state index in [9.17, 15) is 14.9 Å². The molecule has 0 radical (unpaired) electrons. The summed E-state index contributed by atoms with van der Waals surface area (Å²) in [5.41, 5.74) is -0.324. The van der Waals surface area contributed by atoms with Gasteiger partial charge in [0.2, 0.25) is 0 Å². The summed E-state index contributed by atoms with van der Waals surface area (Å²) in [4.78, 5) is 21.1. The largest absolute Gasteiger partial charge is 0.495 e. The minimum Gasteiger partial charge on any atom is -0.495 e. The van der Waals surface area contributed by atoms with E-state index < -0.39 is 10.7 Å². The fraction of sp³-hybridized carbons (Fsp3) is 0.222. The Labute approximate surface area is 90.8 Å². The first-order valence-corrected chi connectivity index (χ1v) is 4.38. The first kappa shape index (κ1) is 11.5. The highest BCUT2D eigenvalue weighted by Crippen LogP contribution is 2.32. The van der Waals surface area contributed by atoms with Crippen molar-refractivity contribution in [2.75, 3.05) is 7.11 Å². The normalized spacial score (nSPS) is 9.80. The van der Waals surface area contributed by atoms with Gasteiger partial charge in [0.05, 0.1) is 22.6 Å². The standard InChI is InChI=1S/C9H8ClNO4/c1-5(12)6-3-9(15-2)7(10)4-8(6)11(13)14/h3-4H,1-2H3. The van der Waals surface area contributed by atoms with Gasteiger partial charge in [0.1, 0.15) is 5.75 Å². The maximum Gasteiger partial charge on any atom is 0.281 e. The molecule has 0 unspecified atom stereocenters. The molecule has 0 aromatic heterocycles. The summed E-state index contributed by atoms with van der Waals surface area (Å²) < 4.78 is 4.86. The molecule has 0 heterocycles. The van der Waals surface area contributed by atoms with Crippen molar-refractivity contribution in [3.05, 3.63) is 32.8 Å². The van der Waals surface area contributed by atoms with Crippen molar-refractivity contribution in [1.29, 1.82) is 0 Å². The molecule has 80 valence electrons. The van der Waals surface area contributed by atoms with Crippen molar-refractivity contribution in [3.63, 3.8) is 0 Å². The second-order valence-electron chi connectivity index (χ2n) is 2.82. The van der Waals surface area contributed by atoms with Gasteiger partial charge in [-0.2, -0.15) is 0 Å². The van der Waals surface area contributed by atoms with Gasteiger partial charge in [-0.05, 0) is 13.0 Å². The van der Waals surface area contributed by atoms with Crippen molar-refractivity contribution >= 4 is 23.1 Å². The lowest BCUT2D eigenvalue weighted by Crippen LogP contribution is -2.01. The van der Waals surface area contributed by atoms with Crippen LogP contribution in [-0.4, -0.2) is 17.8 Å². The molecule has 5 nitrogen and oxygen atoms in total. The SMILES string of the molecule is COc1cc(C(C)=O)c([N+](=O)[O-])cc1Cl. The van der Waals surface area contributed by atoms with Crippen LogP contribution in [0, 0.1) is 10.1 Å². The van der Waals surface area contributed by atoms with Gasteiger partial charge in [-0.1, -0.05) is 11.6 Å². The maximum absolute atomic E-state index is 11.1. The number of halogens is 1. The van der Waals surface area contributed by atoms with Gasteiger partial charge < -0.3 is 4.74 Å². The molecule has 1 rings (SSSR count). The number of rotatable bonds is 3. The number of ether oxygens (including phenoxy) is 1. The number of benzene rings is 1. The molecule has 1 aromatic rings. The molecule has 0 N–H and O–H groups in total. The van der Waals surface area contributed by atoms with Gasteiger partial charge in [0.15, 0.2) is 5.78 Å². The summed E-state index contributed by atoms with van der Waals surface area (Å²) in [6.07, 6.45) is 0. The fourth-order valence-corrected chi connectivity index (χ4v) is 1.37. The molecule has 0 aliphatic rings. The summed E-state index contributed by atoms with van der Waals surface area (Å²) in [5.74, 6) is -0.163. The minimum absolute atomic E-state index is 0.0127. The molecule has 15 heavy (non-hydrogen) atoms. The molecular formula is C9H8ClNO4. The molecule has 0 bridgehead atoms. The summed E-state index contributed by atoms with van der Waals surface area (Å²) in [6, 6.07) is 2.37. The second kappa shape index (κ2) is 4.27. The Kier molecular flexibility index (Phi) is 3.26.